The Morgan fingerprint density at radius 3 is 2.24 bits per heavy atom. The second-order valence-electron chi connectivity index (χ2n) is 5.38. The van der Waals surface area contributed by atoms with Gasteiger partial charge in [-0.25, -0.2) is 0 Å². The predicted octanol–water partition coefficient (Wildman–Crippen LogP) is 5.58. The zero-order valence-corrected chi connectivity index (χ0v) is 14.7. The summed E-state index contributed by atoms with van der Waals surface area (Å²) in [7, 11) is 0. The van der Waals surface area contributed by atoms with Crippen molar-refractivity contribution in [2.45, 2.75) is 6.54 Å². The van der Waals surface area contributed by atoms with Crippen molar-refractivity contribution in [3.8, 4) is 11.3 Å². The van der Waals surface area contributed by atoms with Crippen LogP contribution in [-0.2, 0) is 11.3 Å². The number of carbonyl (C=O) groups excluding carboxylic acids is 1. The minimum atomic E-state index is -0.195. The number of halogens is 2. The number of carbonyl (C=O) groups is 1. The Labute approximate surface area is 155 Å². The van der Waals surface area contributed by atoms with Gasteiger partial charge in [0.15, 0.2) is 0 Å². The van der Waals surface area contributed by atoms with Gasteiger partial charge in [0.05, 0.1) is 6.54 Å². The molecule has 0 fully saturated rings. The summed E-state index contributed by atoms with van der Waals surface area (Å²) in [5.74, 6) is 1.22. The van der Waals surface area contributed by atoms with Gasteiger partial charge in [0.1, 0.15) is 11.5 Å². The minimum Gasteiger partial charge on any atom is -0.459 e. The molecule has 1 aromatic heterocycles. The summed E-state index contributed by atoms with van der Waals surface area (Å²) in [5, 5.41) is 4.13. The van der Waals surface area contributed by atoms with Gasteiger partial charge >= 0.3 is 0 Å². The average Bonchev–Trinajstić information content (AvgIpc) is 3.09. The fourth-order valence-corrected chi connectivity index (χ4v) is 2.47. The molecule has 0 aliphatic rings. The molecule has 0 radical (unpaired) electrons. The van der Waals surface area contributed by atoms with Crippen LogP contribution in [0.3, 0.4) is 0 Å². The number of amides is 1. The summed E-state index contributed by atoms with van der Waals surface area (Å²) in [6, 6.07) is 18.3. The normalized spacial score (nSPS) is 11.0. The van der Waals surface area contributed by atoms with Crippen LogP contribution >= 0.6 is 23.2 Å². The average molecular weight is 372 g/mol. The van der Waals surface area contributed by atoms with Crippen molar-refractivity contribution in [3.05, 3.63) is 88.1 Å². The van der Waals surface area contributed by atoms with E-state index in [1.807, 2.05) is 48.5 Å². The molecule has 126 valence electrons. The number of nitrogens with one attached hydrogen (secondary N) is 1. The molecule has 1 heterocycles. The SMILES string of the molecule is O=C(/C=C/c1ccc(Cl)cc1)NCc1ccc(-c2ccc(Cl)cc2)o1. The maximum atomic E-state index is 11.9. The van der Waals surface area contributed by atoms with Crippen molar-refractivity contribution in [1.82, 2.24) is 5.32 Å². The van der Waals surface area contributed by atoms with Crippen LogP contribution in [0, 0.1) is 0 Å². The van der Waals surface area contributed by atoms with Gasteiger partial charge in [-0.05, 0) is 60.2 Å². The monoisotopic (exact) mass is 371 g/mol. The maximum Gasteiger partial charge on any atom is 0.244 e. The van der Waals surface area contributed by atoms with E-state index in [1.54, 1.807) is 18.2 Å². The molecule has 0 bridgehead atoms. The molecule has 3 rings (SSSR count). The molecule has 1 amide bonds. The third kappa shape index (κ3) is 4.99. The Hall–Kier alpha value is -2.49. The van der Waals surface area contributed by atoms with Crippen molar-refractivity contribution in [2.24, 2.45) is 0 Å². The molecule has 0 saturated carbocycles. The van der Waals surface area contributed by atoms with E-state index in [1.165, 1.54) is 6.08 Å². The molecule has 1 N–H and O–H groups in total. The van der Waals surface area contributed by atoms with E-state index in [4.69, 9.17) is 27.6 Å². The van der Waals surface area contributed by atoms with Crippen LogP contribution in [-0.4, -0.2) is 5.91 Å². The largest absolute Gasteiger partial charge is 0.459 e. The molecule has 5 heteroatoms. The lowest BCUT2D eigenvalue weighted by Gasteiger charge is -2.00. The summed E-state index contributed by atoms with van der Waals surface area (Å²) >= 11 is 11.7. The Morgan fingerprint density at radius 1 is 0.920 bits per heavy atom. The van der Waals surface area contributed by atoms with Gasteiger partial charge in [-0.3, -0.25) is 4.79 Å². The standard InChI is InChI=1S/C20H15Cl2NO2/c21-16-6-1-14(2-7-16)3-12-20(24)23-13-18-10-11-19(25-18)15-4-8-17(22)9-5-15/h1-12H,13H2,(H,23,24)/b12-3+. The van der Waals surface area contributed by atoms with Crippen molar-refractivity contribution in [1.29, 1.82) is 0 Å². The molecule has 0 aliphatic heterocycles. The van der Waals surface area contributed by atoms with E-state index in [0.717, 1.165) is 16.9 Å². The number of furan rings is 1. The number of rotatable bonds is 5. The van der Waals surface area contributed by atoms with E-state index >= 15 is 0 Å². The van der Waals surface area contributed by atoms with Crippen LogP contribution in [0.2, 0.25) is 10.0 Å². The van der Waals surface area contributed by atoms with Gasteiger partial charge in [-0.1, -0.05) is 35.3 Å². The molecular formula is C20H15Cl2NO2. The lowest BCUT2D eigenvalue weighted by molar-refractivity contribution is -0.116. The minimum absolute atomic E-state index is 0.195. The first-order valence-corrected chi connectivity index (χ1v) is 8.42. The number of hydrogen-bond acceptors (Lipinski definition) is 2. The van der Waals surface area contributed by atoms with Crippen LogP contribution < -0.4 is 5.32 Å². The van der Waals surface area contributed by atoms with Crippen LogP contribution in [0.25, 0.3) is 17.4 Å². The van der Waals surface area contributed by atoms with Crippen LogP contribution in [0.1, 0.15) is 11.3 Å². The van der Waals surface area contributed by atoms with E-state index in [2.05, 4.69) is 5.32 Å². The number of hydrogen-bond donors (Lipinski definition) is 1. The Morgan fingerprint density at radius 2 is 1.56 bits per heavy atom. The molecule has 2 aromatic carbocycles. The summed E-state index contributed by atoms with van der Waals surface area (Å²) in [6.45, 7) is 0.317. The molecule has 3 nitrogen and oxygen atoms in total. The van der Waals surface area contributed by atoms with Crippen molar-refractivity contribution < 1.29 is 9.21 Å². The van der Waals surface area contributed by atoms with Gasteiger partial charge in [-0.15, -0.1) is 0 Å². The summed E-state index contributed by atoms with van der Waals surface area (Å²) in [5.41, 5.74) is 1.84. The van der Waals surface area contributed by atoms with E-state index in [0.29, 0.717) is 22.4 Å². The predicted molar refractivity (Wildman–Crippen MR) is 101 cm³/mol. The molecule has 0 spiro atoms. The molecule has 0 saturated heterocycles. The molecule has 0 unspecified atom stereocenters. The lowest BCUT2D eigenvalue weighted by Crippen LogP contribution is -2.19. The van der Waals surface area contributed by atoms with Crippen molar-refractivity contribution in [2.75, 3.05) is 0 Å². The molecule has 0 aliphatic carbocycles. The summed E-state index contributed by atoms with van der Waals surface area (Å²) < 4.78 is 5.74. The highest BCUT2D eigenvalue weighted by Gasteiger charge is 2.05. The Kier molecular flexibility index (Phi) is 5.59. The second-order valence-corrected chi connectivity index (χ2v) is 6.25. The molecular weight excluding hydrogens is 357 g/mol. The molecule has 3 aromatic rings. The maximum absolute atomic E-state index is 11.9. The van der Waals surface area contributed by atoms with Gasteiger partial charge in [0.2, 0.25) is 5.91 Å². The zero-order valence-electron chi connectivity index (χ0n) is 13.2. The molecule has 0 atom stereocenters. The first kappa shape index (κ1) is 17.3. The third-order valence-electron chi connectivity index (χ3n) is 3.52. The summed E-state index contributed by atoms with van der Waals surface area (Å²) in [4.78, 5) is 11.9. The summed E-state index contributed by atoms with van der Waals surface area (Å²) in [6.07, 6.45) is 3.21. The van der Waals surface area contributed by atoms with E-state index in [9.17, 15) is 4.79 Å². The van der Waals surface area contributed by atoms with E-state index < -0.39 is 0 Å². The highest BCUT2D eigenvalue weighted by Crippen LogP contribution is 2.23. The highest BCUT2D eigenvalue weighted by molar-refractivity contribution is 6.30. The Bertz CT molecular complexity index is 881. The zero-order chi connectivity index (χ0) is 17.6. The highest BCUT2D eigenvalue weighted by atomic mass is 35.5. The van der Waals surface area contributed by atoms with Crippen LogP contribution in [0.15, 0.2) is 71.2 Å². The molecule has 25 heavy (non-hydrogen) atoms. The van der Waals surface area contributed by atoms with Gasteiger partial charge < -0.3 is 9.73 Å². The Balaban J connectivity index is 1.55. The topological polar surface area (TPSA) is 42.2 Å². The first-order chi connectivity index (χ1) is 12.1. The van der Waals surface area contributed by atoms with Crippen molar-refractivity contribution in [3.63, 3.8) is 0 Å². The second kappa shape index (κ2) is 8.06. The fourth-order valence-electron chi connectivity index (χ4n) is 2.22. The van der Waals surface area contributed by atoms with Crippen LogP contribution in [0.5, 0.6) is 0 Å². The quantitative estimate of drug-likeness (QED) is 0.594. The number of benzene rings is 2. The van der Waals surface area contributed by atoms with Crippen molar-refractivity contribution >= 4 is 35.2 Å². The van der Waals surface area contributed by atoms with Gasteiger partial charge in [0.25, 0.3) is 0 Å². The van der Waals surface area contributed by atoms with E-state index in [-0.39, 0.29) is 5.91 Å². The third-order valence-corrected chi connectivity index (χ3v) is 4.03. The van der Waals surface area contributed by atoms with Crippen LogP contribution in [0.4, 0.5) is 0 Å². The fraction of sp³-hybridized carbons (Fsp3) is 0.0500. The smallest absolute Gasteiger partial charge is 0.244 e. The van der Waals surface area contributed by atoms with Gasteiger partial charge in [0, 0.05) is 21.7 Å². The first-order valence-electron chi connectivity index (χ1n) is 7.66. The van der Waals surface area contributed by atoms with Gasteiger partial charge in [-0.2, -0.15) is 0 Å². The lowest BCUT2D eigenvalue weighted by atomic mass is 10.2.